The molecule has 0 aliphatic rings. The molecule has 3 rings (SSSR count). The standard InChI is InChI=1S/C23H24N2O6/c1-4-24-17-7-5-6-8-18(17)25(23(24)28)14-13-22(27)31-19-11-9-16(15-20(19)29-2)10-12-21(26)30-3/h5-12,15H,4,13-14H2,1-3H3/b12-10+. The highest BCUT2D eigenvalue weighted by Crippen LogP contribution is 2.29. The molecular formula is C23H24N2O6. The van der Waals surface area contributed by atoms with Crippen LogP contribution in [-0.2, 0) is 27.4 Å². The maximum Gasteiger partial charge on any atom is 0.330 e. The second-order valence-corrected chi connectivity index (χ2v) is 6.66. The van der Waals surface area contributed by atoms with Crippen molar-refractivity contribution in [1.29, 1.82) is 0 Å². The Balaban J connectivity index is 1.72. The number of carbonyl (C=O) groups excluding carboxylic acids is 2. The highest BCUT2D eigenvalue weighted by Gasteiger charge is 2.15. The van der Waals surface area contributed by atoms with Crippen LogP contribution in [0, 0.1) is 0 Å². The Hall–Kier alpha value is -3.81. The normalized spacial score (nSPS) is 11.1. The van der Waals surface area contributed by atoms with Gasteiger partial charge < -0.3 is 14.2 Å². The number of para-hydroxylation sites is 2. The highest BCUT2D eigenvalue weighted by atomic mass is 16.6. The number of aryl methyl sites for hydroxylation is 2. The van der Waals surface area contributed by atoms with E-state index < -0.39 is 11.9 Å². The number of fused-ring (bicyclic) bond motifs is 1. The van der Waals surface area contributed by atoms with Gasteiger partial charge in [0.2, 0.25) is 0 Å². The van der Waals surface area contributed by atoms with E-state index in [1.165, 1.54) is 20.3 Å². The molecule has 8 heteroatoms. The van der Waals surface area contributed by atoms with E-state index in [1.54, 1.807) is 33.4 Å². The molecule has 1 heterocycles. The summed E-state index contributed by atoms with van der Waals surface area (Å²) in [5.74, 6) is -0.364. The first kappa shape index (κ1) is 21.9. The molecule has 2 aromatic carbocycles. The van der Waals surface area contributed by atoms with Crippen molar-refractivity contribution in [3.05, 3.63) is 64.6 Å². The van der Waals surface area contributed by atoms with Crippen LogP contribution >= 0.6 is 0 Å². The van der Waals surface area contributed by atoms with Crippen molar-refractivity contribution < 1.29 is 23.8 Å². The van der Waals surface area contributed by atoms with E-state index in [-0.39, 0.29) is 24.4 Å². The molecule has 0 spiro atoms. The Bertz CT molecular complexity index is 1190. The van der Waals surface area contributed by atoms with E-state index in [4.69, 9.17) is 9.47 Å². The monoisotopic (exact) mass is 424 g/mol. The van der Waals surface area contributed by atoms with E-state index in [0.29, 0.717) is 17.9 Å². The number of ether oxygens (including phenoxy) is 3. The van der Waals surface area contributed by atoms with Crippen molar-refractivity contribution in [3.63, 3.8) is 0 Å². The summed E-state index contributed by atoms with van der Waals surface area (Å²) in [5, 5.41) is 0. The molecule has 0 atom stereocenters. The first-order chi connectivity index (χ1) is 15.0. The van der Waals surface area contributed by atoms with E-state index in [0.717, 1.165) is 11.0 Å². The highest BCUT2D eigenvalue weighted by molar-refractivity contribution is 5.87. The van der Waals surface area contributed by atoms with Crippen molar-refractivity contribution in [1.82, 2.24) is 9.13 Å². The number of carbonyl (C=O) groups is 2. The molecular weight excluding hydrogens is 400 g/mol. The van der Waals surface area contributed by atoms with E-state index in [1.807, 2.05) is 31.2 Å². The van der Waals surface area contributed by atoms with Crippen LogP contribution in [0.3, 0.4) is 0 Å². The molecule has 3 aromatic rings. The van der Waals surface area contributed by atoms with Crippen molar-refractivity contribution in [2.75, 3.05) is 14.2 Å². The molecule has 162 valence electrons. The van der Waals surface area contributed by atoms with Crippen molar-refractivity contribution in [2.45, 2.75) is 26.4 Å². The Morgan fingerprint density at radius 1 is 1.00 bits per heavy atom. The van der Waals surface area contributed by atoms with Crippen molar-refractivity contribution in [2.24, 2.45) is 0 Å². The Morgan fingerprint density at radius 3 is 2.35 bits per heavy atom. The van der Waals surface area contributed by atoms with Gasteiger partial charge in [-0.15, -0.1) is 0 Å². The quantitative estimate of drug-likeness (QED) is 0.314. The SMILES string of the molecule is CCn1c(=O)n(CCC(=O)Oc2ccc(/C=C/C(=O)OC)cc2OC)c2ccccc21. The number of rotatable bonds is 8. The maximum absolute atomic E-state index is 12.7. The molecule has 0 radical (unpaired) electrons. The third-order valence-corrected chi connectivity index (χ3v) is 4.81. The fraction of sp³-hybridized carbons (Fsp3) is 0.261. The first-order valence-corrected chi connectivity index (χ1v) is 9.81. The maximum atomic E-state index is 12.7. The molecule has 1 aromatic heterocycles. The lowest BCUT2D eigenvalue weighted by Crippen LogP contribution is -2.25. The molecule has 0 saturated carbocycles. The number of methoxy groups -OCH3 is 2. The van der Waals surface area contributed by atoms with E-state index in [2.05, 4.69) is 4.74 Å². The van der Waals surface area contributed by atoms with Crippen molar-refractivity contribution >= 4 is 29.0 Å². The zero-order chi connectivity index (χ0) is 22.4. The number of benzene rings is 2. The summed E-state index contributed by atoms with van der Waals surface area (Å²) >= 11 is 0. The summed E-state index contributed by atoms with van der Waals surface area (Å²) < 4.78 is 18.5. The average Bonchev–Trinajstić information content (AvgIpc) is 3.06. The van der Waals surface area contributed by atoms with Crippen LogP contribution in [0.4, 0.5) is 0 Å². The van der Waals surface area contributed by atoms with Gasteiger partial charge in [-0.2, -0.15) is 0 Å². The molecule has 31 heavy (non-hydrogen) atoms. The number of nitrogens with zero attached hydrogens (tertiary/aromatic N) is 2. The van der Waals surface area contributed by atoms with Gasteiger partial charge in [-0.3, -0.25) is 13.9 Å². The molecule has 0 aliphatic carbocycles. The second kappa shape index (κ2) is 9.80. The summed E-state index contributed by atoms with van der Waals surface area (Å²) in [6.45, 7) is 2.65. The lowest BCUT2D eigenvalue weighted by Gasteiger charge is -2.10. The summed E-state index contributed by atoms with van der Waals surface area (Å²) in [6.07, 6.45) is 2.87. The van der Waals surface area contributed by atoms with Crippen LogP contribution in [0.15, 0.2) is 53.3 Å². The predicted molar refractivity (Wildman–Crippen MR) is 116 cm³/mol. The number of aromatic nitrogens is 2. The smallest absolute Gasteiger partial charge is 0.330 e. The molecule has 0 bridgehead atoms. The van der Waals surface area contributed by atoms with Crippen LogP contribution in [0.5, 0.6) is 11.5 Å². The second-order valence-electron chi connectivity index (χ2n) is 6.66. The Morgan fingerprint density at radius 2 is 1.71 bits per heavy atom. The van der Waals surface area contributed by atoms with Crippen LogP contribution in [-0.4, -0.2) is 35.3 Å². The summed E-state index contributed by atoms with van der Waals surface area (Å²) in [6, 6.07) is 12.4. The van der Waals surface area contributed by atoms with Crippen molar-refractivity contribution in [3.8, 4) is 11.5 Å². The van der Waals surface area contributed by atoms with Gasteiger partial charge in [-0.1, -0.05) is 18.2 Å². The van der Waals surface area contributed by atoms with Gasteiger partial charge in [0.05, 0.1) is 31.7 Å². The van der Waals surface area contributed by atoms with Crippen LogP contribution in [0.2, 0.25) is 0 Å². The van der Waals surface area contributed by atoms with Gasteiger partial charge in [0.1, 0.15) is 0 Å². The predicted octanol–water partition coefficient (Wildman–Crippen LogP) is 3.01. The van der Waals surface area contributed by atoms with Gasteiger partial charge in [-0.05, 0) is 42.8 Å². The Labute approximate surface area is 179 Å². The molecule has 0 amide bonds. The first-order valence-electron chi connectivity index (χ1n) is 9.81. The van der Waals surface area contributed by atoms with Crippen LogP contribution < -0.4 is 15.2 Å². The average molecular weight is 424 g/mol. The molecule has 0 fully saturated rings. The number of esters is 2. The third kappa shape index (κ3) is 4.85. The van der Waals surface area contributed by atoms with Gasteiger partial charge >= 0.3 is 17.6 Å². The minimum atomic E-state index is -0.489. The molecule has 8 nitrogen and oxygen atoms in total. The topological polar surface area (TPSA) is 88.8 Å². The molecule has 0 unspecified atom stereocenters. The molecule has 0 aliphatic heterocycles. The molecule has 0 N–H and O–H groups in total. The third-order valence-electron chi connectivity index (χ3n) is 4.81. The zero-order valence-electron chi connectivity index (χ0n) is 17.7. The minimum Gasteiger partial charge on any atom is -0.493 e. The minimum absolute atomic E-state index is 0.0186. The fourth-order valence-corrected chi connectivity index (χ4v) is 3.28. The molecule has 0 saturated heterocycles. The van der Waals surface area contributed by atoms with Gasteiger partial charge in [0.15, 0.2) is 11.5 Å². The van der Waals surface area contributed by atoms with Gasteiger partial charge in [0, 0.05) is 19.2 Å². The van der Waals surface area contributed by atoms with Crippen LogP contribution in [0.25, 0.3) is 17.1 Å². The zero-order valence-corrected chi connectivity index (χ0v) is 17.7. The summed E-state index contributed by atoms with van der Waals surface area (Å²) in [7, 11) is 2.75. The van der Waals surface area contributed by atoms with Gasteiger partial charge in [0.25, 0.3) is 0 Å². The number of imidazole rings is 1. The number of hydrogen-bond acceptors (Lipinski definition) is 6. The van der Waals surface area contributed by atoms with E-state index in [9.17, 15) is 14.4 Å². The van der Waals surface area contributed by atoms with Crippen LogP contribution in [0.1, 0.15) is 18.9 Å². The summed E-state index contributed by atoms with van der Waals surface area (Å²) in [4.78, 5) is 36.3. The lowest BCUT2D eigenvalue weighted by atomic mass is 10.2. The number of hydrogen-bond donors (Lipinski definition) is 0. The van der Waals surface area contributed by atoms with E-state index >= 15 is 0 Å². The summed E-state index contributed by atoms with van der Waals surface area (Å²) in [5.41, 5.74) is 2.14. The fourth-order valence-electron chi connectivity index (χ4n) is 3.28. The Kier molecular flexibility index (Phi) is 6.92. The lowest BCUT2D eigenvalue weighted by molar-refractivity contribution is -0.135. The van der Waals surface area contributed by atoms with Gasteiger partial charge in [-0.25, -0.2) is 9.59 Å². The largest absolute Gasteiger partial charge is 0.493 e.